The van der Waals surface area contributed by atoms with Crippen molar-refractivity contribution in [2.24, 2.45) is 17.8 Å². The summed E-state index contributed by atoms with van der Waals surface area (Å²) < 4.78 is 17.0. The van der Waals surface area contributed by atoms with E-state index in [2.05, 4.69) is 10.6 Å². The summed E-state index contributed by atoms with van der Waals surface area (Å²) in [5.74, 6) is 2.07. The Morgan fingerprint density at radius 1 is 1.34 bits per heavy atom. The van der Waals surface area contributed by atoms with Crippen LogP contribution in [0.25, 0.3) is 0 Å². The van der Waals surface area contributed by atoms with Crippen molar-refractivity contribution < 1.29 is 23.5 Å². The van der Waals surface area contributed by atoms with Gasteiger partial charge in [0.25, 0.3) is 5.91 Å². The Hall–Kier alpha value is -2.96. The molecule has 1 aliphatic heterocycles. The topological polar surface area (TPSA) is 89.8 Å². The summed E-state index contributed by atoms with van der Waals surface area (Å²) in [4.78, 5) is 25.6. The molecule has 1 aromatic heterocycles. The van der Waals surface area contributed by atoms with Crippen molar-refractivity contribution in [1.29, 1.82) is 0 Å². The molecule has 2 amide bonds. The van der Waals surface area contributed by atoms with E-state index >= 15 is 0 Å². The first kappa shape index (κ1) is 18.1. The SMILES string of the molecule is COc1ccc2c(c1)O[C@]1(C[C@@H]3CC[C@@H]1C[C@@H]3C(=O)NCc1ccco1)NC2=O. The highest BCUT2D eigenvalue weighted by atomic mass is 16.5. The number of amides is 2. The van der Waals surface area contributed by atoms with Gasteiger partial charge >= 0.3 is 0 Å². The summed E-state index contributed by atoms with van der Waals surface area (Å²) >= 11 is 0. The van der Waals surface area contributed by atoms with Crippen LogP contribution in [0.4, 0.5) is 0 Å². The molecule has 2 heterocycles. The second-order valence-electron chi connectivity index (χ2n) is 8.19. The third-order valence-corrected chi connectivity index (χ3v) is 6.62. The predicted molar refractivity (Wildman–Crippen MR) is 103 cm³/mol. The molecule has 3 fully saturated rings. The highest BCUT2D eigenvalue weighted by Gasteiger charge is 2.57. The molecule has 152 valence electrons. The Morgan fingerprint density at radius 2 is 2.24 bits per heavy atom. The zero-order valence-corrected chi connectivity index (χ0v) is 16.3. The van der Waals surface area contributed by atoms with Gasteiger partial charge in [-0.25, -0.2) is 0 Å². The first-order chi connectivity index (χ1) is 14.1. The summed E-state index contributed by atoms with van der Waals surface area (Å²) in [5, 5.41) is 6.12. The van der Waals surface area contributed by atoms with Crippen molar-refractivity contribution >= 4 is 11.8 Å². The fourth-order valence-electron chi connectivity index (χ4n) is 5.16. The normalized spacial score (nSPS) is 29.7. The van der Waals surface area contributed by atoms with Gasteiger partial charge in [0.15, 0.2) is 5.72 Å². The molecular formula is C22H24N2O5. The lowest BCUT2D eigenvalue weighted by Gasteiger charge is -2.55. The predicted octanol–water partition coefficient (Wildman–Crippen LogP) is 2.86. The number of ether oxygens (including phenoxy) is 2. The lowest BCUT2D eigenvalue weighted by Crippen LogP contribution is -2.66. The third kappa shape index (κ3) is 3.05. The minimum atomic E-state index is -0.739. The van der Waals surface area contributed by atoms with Gasteiger partial charge in [-0.3, -0.25) is 9.59 Å². The van der Waals surface area contributed by atoms with Gasteiger partial charge in [0, 0.05) is 24.3 Å². The molecule has 4 atom stereocenters. The summed E-state index contributed by atoms with van der Waals surface area (Å²) in [5.41, 5.74) is -0.220. The smallest absolute Gasteiger partial charge is 0.258 e. The van der Waals surface area contributed by atoms with Crippen molar-refractivity contribution in [2.75, 3.05) is 7.11 Å². The number of furan rings is 1. The summed E-state index contributed by atoms with van der Waals surface area (Å²) in [6, 6.07) is 8.91. The van der Waals surface area contributed by atoms with Crippen molar-refractivity contribution in [2.45, 2.75) is 38.0 Å². The molecule has 2 N–H and O–H groups in total. The lowest BCUT2D eigenvalue weighted by atomic mass is 9.60. The Kier molecular flexibility index (Phi) is 4.26. The number of carbonyl (C=O) groups is 2. The van der Waals surface area contributed by atoms with Gasteiger partial charge in [-0.1, -0.05) is 0 Å². The number of fused-ring (bicyclic) bond motifs is 3. The second kappa shape index (κ2) is 6.83. The molecule has 1 spiro atoms. The number of nitrogens with one attached hydrogen (secondary N) is 2. The minimum absolute atomic E-state index is 0.0511. The number of methoxy groups -OCH3 is 1. The highest BCUT2D eigenvalue weighted by Crippen LogP contribution is 2.52. The quantitative estimate of drug-likeness (QED) is 0.830. The van der Waals surface area contributed by atoms with Gasteiger partial charge in [0.05, 0.1) is 25.5 Å². The maximum Gasteiger partial charge on any atom is 0.258 e. The van der Waals surface area contributed by atoms with Crippen LogP contribution in [0.5, 0.6) is 11.5 Å². The van der Waals surface area contributed by atoms with E-state index in [0.29, 0.717) is 36.4 Å². The molecule has 0 unspecified atom stereocenters. The monoisotopic (exact) mass is 396 g/mol. The molecule has 6 rings (SSSR count). The summed E-state index contributed by atoms with van der Waals surface area (Å²) in [7, 11) is 1.59. The van der Waals surface area contributed by atoms with Gasteiger partial charge in [0.1, 0.15) is 17.3 Å². The first-order valence-electron chi connectivity index (χ1n) is 10.1. The standard InChI is InChI=1S/C22H24N2O5/c1-27-15-6-7-17-19(10-15)29-22(24-21(17)26)11-13-4-5-14(22)9-18(13)20(25)23-12-16-3-2-8-28-16/h2-3,6-8,10,13-14,18H,4-5,9,11-12H2,1H3,(H,23,25)(H,24,26)/t13-,14+,18-,22-/m0/s1. The van der Waals surface area contributed by atoms with Crippen LogP contribution in [0.3, 0.4) is 0 Å². The molecule has 2 bridgehead atoms. The Labute approximate surface area is 168 Å². The van der Waals surface area contributed by atoms with Crippen LogP contribution in [0.15, 0.2) is 41.0 Å². The van der Waals surface area contributed by atoms with Crippen LogP contribution in [-0.4, -0.2) is 24.6 Å². The van der Waals surface area contributed by atoms with Gasteiger partial charge in [-0.15, -0.1) is 0 Å². The van der Waals surface area contributed by atoms with Crippen molar-refractivity contribution in [1.82, 2.24) is 10.6 Å². The summed E-state index contributed by atoms with van der Waals surface area (Å²) in [6.07, 6.45) is 4.85. The third-order valence-electron chi connectivity index (χ3n) is 6.62. The van der Waals surface area contributed by atoms with E-state index in [0.717, 1.165) is 18.6 Å². The Morgan fingerprint density at radius 3 is 2.97 bits per heavy atom. The second-order valence-corrected chi connectivity index (χ2v) is 8.19. The van der Waals surface area contributed by atoms with Crippen LogP contribution in [0.1, 0.15) is 41.8 Å². The Balaban J connectivity index is 1.33. The molecule has 1 aromatic carbocycles. The van der Waals surface area contributed by atoms with Gasteiger partial charge < -0.3 is 24.5 Å². The Bertz CT molecular complexity index is 941. The summed E-state index contributed by atoms with van der Waals surface area (Å²) in [6.45, 7) is 0.394. The van der Waals surface area contributed by atoms with E-state index in [1.54, 1.807) is 31.6 Å². The van der Waals surface area contributed by atoms with Crippen LogP contribution >= 0.6 is 0 Å². The molecule has 7 nitrogen and oxygen atoms in total. The molecule has 4 aliphatic rings. The largest absolute Gasteiger partial charge is 0.497 e. The van der Waals surface area contributed by atoms with Gasteiger partial charge in [-0.2, -0.15) is 0 Å². The van der Waals surface area contributed by atoms with Gasteiger partial charge in [-0.05, 0) is 49.4 Å². The fraction of sp³-hybridized carbons (Fsp3) is 0.455. The number of rotatable bonds is 4. The first-order valence-corrected chi connectivity index (χ1v) is 10.1. The number of hydrogen-bond acceptors (Lipinski definition) is 5. The average molecular weight is 396 g/mol. The maximum absolute atomic E-state index is 12.8. The van der Waals surface area contributed by atoms with Crippen molar-refractivity contribution in [3.05, 3.63) is 47.9 Å². The van der Waals surface area contributed by atoms with Gasteiger partial charge in [0.2, 0.25) is 5.91 Å². The van der Waals surface area contributed by atoms with Crippen LogP contribution in [0, 0.1) is 17.8 Å². The van der Waals surface area contributed by atoms with E-state index in [1.165, 1.54) is 0 Å². The van der Waals surface area contributed by atoms with Crippen molar-refractivity contribution in [3.8, 4) is 11.5 Å². The van der Waals surface area contributed by atoms with Crippen molar-refractivity contribution in [3.63, 3.8) is 0 Å². The van der Waals surface area contributed by atoms with E-state index in [4.69, 9.17) is 13.9 Å². The van der Waals surface area contributed by atoms with Crippen LogP contribution in [0.2, 0.25) is 0 Å². The fourth-order valence-corrected chi connectivity index (χ4v) is 5.16. The van der Waals surface area contributed by atoms with E-state index in [-0.39, 0.29) is 29.6 Å². The molecule has 0 radical (unpaired) electrons. The maximum atomic E-state index is 12.8. The molecular weight excluding hydrogens is 372 g/mol. The molecule has 3 aliphatic carbocycles. The molecule has 7 heteroatoms. The number of carbonyl (C=O) groups excluding carboxylic acids is 2. The number of hydrogen-bond donors (Lipinski definition) is 2. The zero-order valence-electron chi connectivity index (χ0n) is 16.3. The van der Waals surface area contributed by atoms with E-state index < -0.39 is 5.72 Å². The van der Waals surface area contributed by atoms with E-state index in [1.807, 2.05) is 12.1 Å². The molecule has 0 saturated heterocycles. The van der Waals surface area contributed by atoms with Crippen LogP contribution in [-0.2, 0) is 11.3 Å². The van der Waals surface area contributed by atoms with E-state index in [9.17, 15) is 9.59 Å². The zero-order chi connectivity index (χ0) is 20.0. The highest BCUT2D eigenvalue weighted by molar-refractivity contribution is 5.98. The lowest BCUT2D eigenvalue weighted by molar-refractivity contribution is -0.146. The number of benzene rings is 1. The minimum Gasteiger partial charge on any atom is -0.497 e. The molecule has 3 saturated carbocycles. The average Bonchev–Trinajstić information content (AvgIpc) is 3.25. The molecule has 2 aromatic rings. The van der Waals surface area contributed by atoms with Crippen LogP contribution < -0.4 is 20.1 Å². The molecule has 29 heavy (non-hydrogen) atoms.